The molecule has 0 aliphatic carbocycles. The summed E-state index contributed by atoms with van der Waals surface area (Å²) in [7, 11) is 0. The first-order chi connectivity index (χ1) is 18.4. The molecule has 200 valence electrons. The SMILES string of the molecule is CC(C)(C)c1nc2ccc(Br)cc2c(=O)n1N=Cc1cc([N+](=O)[O-])ccc1OCC(=O)Nc1ccc(Cl)cc1. The predicted molar refractivity (Wildman–Crippen MR) is 154 cm³/mol. The van der Waals surface area contributed by atoms with E-state index in [9.17, 15) is 19.7 Å². The average molecular weight is 613 g/mol. The van der Waals surface area contributed by atoms with E-state index in [-0.39, 0.29) is 23.6 Å². The van der Waals surface area contributed by atoms with E-state index >= 15 is 0 Å². The number of carbonyl (C=O) groups is 1. The van der Waals surface area contributed by atoms with Gasteiger partial charge in [0, 0.05) is 38.3 Å². The summed E-state index contributed by atoms with van der Waals surface area (Å²) in [5, 5.41) is 19.4. The number of nitro groups is 1. The number of nitro benzene ring substituents is 1. The summed E-state index contributed by atoms with van der Waals surface area (Å²) in [5.41, 5.74) is 0.0776. The van der Waals surface area contributed by atoms with Crippen LogP contribution in [0, 0.1) is 10.1 Å². The molecule has 0 unspecified atom stereocenters. The van der Waals surface area contributed by atoms with Gasteiger partial charge in [0.1, 0.15) is 11.6 Å². The van der Waals surface area contributed by atoms with Gasteiger partial charge in [0.05, 0.1) is 22.0 Å². The van der Waals surface area contributed by atoms with Gasteiger partial charge in [-0.3, -0.25) is 19.7 Å². The summed E-state index contributed by atoms with van der Waals surface area (Å²) in [6.07, 6.45) is 1.28. The Hall–Kier alpha value is -4.09. The molecule has 0 fully saturated rings. The third-order valence-electron chi connectivity index (χ3n) is 5.48. The van der Waals surface area contributed by atoms with E-state index in [1.807, 2.05) is 20.8 Å². The Kier molecular flexibility index (Phi) is 8.12. The van der Waals surface area contributed by atoms with Crippen molar-refractivity contribution in [3.05, 3.63) is 102 Å². The van der Waals surface area contributed by atoms with Gasteiger partial charge >= 0.3 is 0 Å². The second-order valence-electron chi connectivity index (χ2n) is 9.53. The quantitative estimate of drug-likeness (QED) is 0.157. The van der Waals surface area contributed by atoms with Crippen molar-refractivity contribution in [1.29, 1.82) is 0 Å². The molecule has 0 aliphatic rings. The lowest BCUT2D eigenvalue weighted by Crippen LogP contribution is -2.29. The fourth-order valence-electron chi connectivity index (χ4n) is 3.62. The molecule has 4 aromatic rings. The second kappa shape index (κ2) is 11.3. The normalized spacial score (nSPS) is 11.6. The number of hydrogen-bond donors (Lipinski definition) is 1. The molecular formula is C27H23BrClN5O5. The van der Waals surface area contributed by atoms with E-state index in [1.165, 1.54) is 29.1 Å². The first-order valence-corrected chi connectivity index (χ1v) is 12.8. The number of benzene rings is 3. The first kappa shape index (κ1) is 27.9. The number of non-ortho nitro benzene ring substituents is 1. The van der Waals surface area contributed by atoms with Crippen molar-refractivity contribution >= 4 is 61.9 Å². The standard InChI is InChI=1S/C27H23BrClN5O5/c1-27(2,3)26-32-22-10-4-17(28)13-21(22)25(36)33(26)30-14-16-12-20(34(37)38)9-11-23(16)39-15-24(35)31-19-7-5-18(29)6-8-19/h4-14H,15H2,1-3H3,(H,31,35). The molecule has 0 saturated heterocycles. The van der Waals surface area contributed by atoms with Crippen LogP contribution in [0.5, 0.6) is 5.75 Å². The third-order valence-corrected chi connectivity index (χ3v) is 6.23. The Labute approximate surface area is 236 Å². The minimum atomic E-state index is -0.559. The summed E-state index contributed by atoms with van der Waals surface area (Å²) in [6.45, 7) is 5.31. The van der Waals surface area contributed by atoms with Gasteiger partial charge in [-0.1, -0.05) is 48.3 Å². The van der Waals surface area contributed by atoms with Crippen LogP contribution >= 0.6 is 27.5 Å². The number of anilines is 1. The Balaban J connectivity index is 1.70. The number of carbonyl (C=O) groups excluding carboxylic acids is 1. The minimum Gasteiger partial charge on any atom is -0.483 e. The van der Waals surface area contributed by atoms with Gasteiger partial charge in [-0.2, -0.15) is 9.78 Å². The first-order valence-electron chi connectivity index (χ1n) is 11.7. The summed E-state index contributed by atoms with van der Waals surface area (Å²) in [6, 6.07) is 15.6. The lowest BCUT2D eigenvalue weighted by Gasteiger charge is -2.21. The van der Waals surface area contributed by atoms with Crippen molar-refractivity contribution in [2.24, 2.45) is 5.10 Å². The number of nitrogens with one attached hydrogen (secondary N) is 1. The van der Waals surface area contributed by atoms with Crippen molar-refractivity contribution in [2.75, 3.05) is 11.9 Å². The van der Waals surface area contributed by atoms with Crippen molar-refractivity contribution < 1.29 is 14.5 Å². The Morgan fingerprint density at radius 2 is 1.90 bits per heavy atom. The molecule has 3 aromatic carbocycles. The van der Waals surface area contributed by atoms with Crippen LogP contribution in [0.3, 0.4) is 0 Å². The minimum absolute atomic E-state index is 0.164. The number of amides is 1. The molecule has 4 rings (SSSR count). The lowest BCUT2D eigenvalue weighted by molar-refractivity contribution is -0.384. The van der Waals surface area contributed by atoms with Gasteiger partial charge in [-0.05, 0) is 48.5 Å². The molecule has 0 aliphatic heterocycles. The fourth-order valence-corrected chi connectivity index (χ4v) is 4.10. The average Bonchev–Trinajstić information content (AvgIpc) is 2.88. The van der Waals surface area contributed by atoms with Crippen LogP contribution in [0.25, 0.3) is 10.9 Å². The molecule has 0 atom stereocenters. The number of fused-ring (bicyclic) bond motifs is 1. The van der Waals surface area contributed by atoms with Crippen LogP contribution in [0.15, 0.2) is 75.0 Å². The smallest absolute Gasteiger partial charge is 0.282 e. The molecule has 1 heterocycles. The Morgan fingerprint density at radius 1 is 1.18 bits per heavy atom. The van der Waals surface area contributed by atoms with Gasteiger partial charge in [0.25, 0.3) is 17.2 Å². The van der Waals surface area contributed by atoms with E-state index in [2.05, 4.69) is 31.3 Å². The summed E-state index contributed by atoms with van der Waals surface area (Å²) < 4.78 is 7.55. The lowest BCUT2D eigenvalue weighted by atomic mass is 9.95. The Morgan fingerprint density at radius 3 is 2.56 bits per heavy atom. The fraction of sp³-hybridized carbons (Fsp3) is 0.185. The highest BCUT2D eigenvalue weighted by Crippen LogP contribution is 2.25. The zero-order chi connectivity index (χ0) is 28.3. The number of ether oxygens (including phenoxy) is 1. The van der Waals surface area contributed by atoms with E-state index in [1.54, 1.807) is 42.5 Å². The summed E-state index contributed by atoms with van der Waals surface area (Å²) in [5.74, 6) is 0.111. The van der Waals surface area contributed by atoms with Crippen molar-refractivity contribution in [1.82, 2.24) is 9.66 Å². The van der Waals surface area contributed by atoms with Gasteiger partial charge in [0.15, 0.2) is 6.61 Å². The molecule has 12 heteroatoms. The molecule has 1 aromatic heterocycles. The van der Waals surface area contributed by atoms with Crippen LogP contribution in [0.2, 0.25) is 5.02 Å². The third kappa shape index (κ3) is 6.68. The molecule has 1 N–H and O–H groups in total. The number of halogens is 2. The van der Waals surface area contributed by atoms with E-state index in [0.29, 0.717) is 31.9 Å². The number of hydrogen-bond acceptors (Lipinski definition) is 7. The van der Waals surface area contributed by atoms with Crippen LogP contribution in [0.4, 0.5) is 11.4 Å². The zero-order valence-corrected chi connectivity index (χ0v) is 23.5. The van der Waals surface area contributed by atoms with Crippen LogP contribution < -0.4 is 15.6 Å². The molecule has 10 nitrogen and oxygen atoms in total. The van der Waals surface area contributed by atoms with Gasteiger partial charge in [-0.15, -0.1) is 0 Å². The largest absolute Gasteiger partial charge is 0.483 e. The predicted octanol–water partition coefficient (Wildman–Crippen LogP) is 5.92. The number of rotatable bonds is 7. The van der Waals surface area contributed by atoms with E-state index in [0.717, 1.165) is 0 Å². The maximum atomic E-state index is 13.4. The van der Waals surface area contributed by atoms with Gasteiger partial charge in [-0.25, -0.2) is 4.98 Å². The molecule has 1 amide bonds. The van der Waals surface area contributed by atoms with E-state index < -0.39 is 21.8 Å². The monoisotopic (exact) mass is 611 g/mol. The maximum Gasteiger partial charge on any atom is 0.282 e. The van der Waals surface area contributed by atoms with Crippen LogP contribution in [0.1, 0.15) is 32.2 Å². The summed E-state index contributed by atoms with van der Waals surface area (Å²) in [4.78, 5) is 41.4. The molecule has 39 heavy (non-hydrogen) atoms. The number of nitrogens with zero attached hydrogens (tertiary/aromatic N) is 4. The topological polar surface area (TPSA) is 129 Å². The highest BCUT2D eigenvalue weighted by Gasteiger charge is 2.23. The highest BCUT2D eigenvalue weighted by atomic mass is 79.9. The molecule has 0 radical (unpaired) electrons. The van der Waals surface area contributed by atoms with Gasteiger partial charge in [0.2, 0.25) is 0 Å². The van der Waals surface area contributed by atoms with E-state index in [4.69, 9.17) is 16.3 Å². The van der Waals surface area contributed by atoms with Crippen LogP contribution in [-0.2, 0) is 10.2 Å². The molecule has 0 bridgehead atoms. The molecular weight excluding hydrogens is 590 g/mol. The molecule has 0 spiro atoms. The molecule has 0 saturated carbocycles. The van der Waals surface area contributed by atoms with Crippen molar-refractivity contribution in [3.63, 3.8) is 0 Å². The summed E-state index contributed by atoms with van der Waals surface area (Å²) >= 11 is 9.25. The zero-order valence-electron chi connectivity index (χ0n) is 21.1. The highest BCUT2D eigenvalue weighted by molar-refractivity contribution is 9.10. The van der Waals surface area contributed by atoms with Crippen LogP contribution in [-0.4, -0.2) is 33.3 Å². The second-order valence-corrected chi connectivity index (χ2v) is 10.9. The Bertz CT molecular complexity index is 1660. The van der Waals surface area contributed by atoms with Crippen molar-refractivity contribution in [2.45, 2.75) is 26.2 Å². The van der Waals surface area contributed by atoms with Gasteiger partial charge < -0.3 is 10.1 Å². The van der Waals surface area contributed by atoms with Crippen molar-refractivity contribution in [3.8, 4) is 5.75 Å². The number of aromatic nitrogens is 2. The maximum absolute atomic E-state index is 13.4.